The van der Waals surface area contributed by atoms with Crippen molar-refractivity contribution in [3.05, 3.63) is 35.9 Å². The van der Waals surface area contributed by atoms with Gasteiger partial charge in [0, 0.05) is 0 Å². The van der Waals surface area contributed by atoms with Gasteiger partial charge in [0.05, 0.1) is 0 Å². The van der Waals surface area contributed by atoms with Crippen molar-refractivity contribution in [2.75, 3.05) is 0 Å². The fourth-order valence-corrected chi connectivity index (χ4v) is 10.6. The first-order valence-electron chi connectivity index (χ1n) is 7.81. The molecule has 1 unspecified atom stereocenters. The molecule has 0 aromatic heterocycles. The number of hydrogen-bond donors (Lipinski definition) is 0. The molecule has 1 aromatic rings. The van der Waals surface area contributed by atoms with E-state index in [9.17, 15) is 0 Å². The molecule has 18 heavy (non-hydrogen) atoms. The van der Waals surface area contributed by atoms with Crippen LogP contribution in [0.1, 0.15) is 38.0 Å². The lowest BCUT2D eigenvalue weighted by Gasteiger charge is -2.24. The third-order valence-electron chi connectivity index (χ3n) is 4.59. The average Bonchev–Trinajstić information content (AvgIpc) is 2.44. The Labute approximate surface area is 123 Å². The van der Waals surface area contributed by atoms with Crippen molar-refractivity contribution in [2.24, 2.45) is 0 Å². The summed E-state index contributed by atoms with van der Waals surface area (Å²) in [5.74, 6) is 0. The fourth-order valence-electron chi connectivity index (χ4n) is 3.14. The lowest BCUT2D eigenvalue weighted by Crippen LogP contribution is -2.26. The number of benzene rings is 1. The predicted molar refractivity (Wildman–Crippen MR) is 87.4 cm³/mol. The Kier molecular flexibility index (Phi) is 8.38. The Morgan fingerprint density at radius 1 is 0.833 bits per heavy atom. The molecular formula is C16H28Al2. The van der Waals surface area contributed by atoms with E-state index in [0.717, 1.165) is 4.78 Å². The summed E-state index contributed by atoms with van der Waals surface area (Å²) in [6.45, 7) is 9.67. The monoisotopic (exact) mass is 274 g/mol. The van der Waals surface area contributed by atoms with Crippen molar-refractivity contribution < 1.29 is 0 Å². The van der Waals surface area contributed by atoms with Gasteiger partial charge in [0.25, 0.3) is 28.3 Å². The molecule has 0 bridgehead atoms. The molecule has 0 saturated heterocycles. The molecule has 0 spiro atoms. The van der Waals surface area contributed by atoms with E-state index in [0.29, 0.717) is 0 Å². The van der Waals surface area contributed by atoms with Gasteiger partial charge in [-0.1, -0.05) is 94.8 Å². The first kappa shape index (κ1) is 16.3. The van der Waals surface area contributed by atoms with Gasteiger partial charge in [-0.15, -0.1) is 0 Å². The zero-order chi connectivity index (χ0) is 13.4. The van der Waals surface area contributed by atoms with Crippen molar-refractivity contribution in [3.63, 3.8) is 0 Å². The van der Waals surface area contributed by atoms with E-state index in [1.807, 2.05) is 0 Å². The fraction of sp³-hybridized carbons (Fsp3) is 0.625. The number of hydrogen-bond acceptors (Lipinski definition) is 0. The topological polar surface area (TPSA) is 0 Å². The molecule has 0 N–H and O–H groups in total. The van der Waals surface area contributed by atoms with Crippen LogP contribution in [-0.4, -0.2) is 28.3 Å². The van der Waals surface area contributed by atoms with Gasteiger partial charge >= 0.3 is 0 Å². The second kappa shape index (κ2) is 9.23. The molecule has 0 radical (unpaired) electrons. The maximum atomic E-state index is 2.42. The summed E-state index contributed by atoms with van der Waals surface area (Å²) in [6, 6.07) is 11.4. The third-order valence-corrected chi connectivity index (χ3v) is 12.5. The highest BCUT2D eigenvalue weighted by Gasteiger charge is 2.29. The molecule has 1 aromatic carbocycles. The van der Waals surface area contributed by atoms with Gasteiger partial charge in [0.2, 0.25) is 0 Å². The highest BCUT2D eigenvalue weighted by atomic mass is 27.2. The van der Waals surface area contributed by atoms with Gasteiger partial charge in [-0.2, -0.15) is 0 Å². The maximum absolute atomic E-state index is 2.42. The van der Waals surface area contributed by atoms with Gasteiger partial charge in [-0.25, -0.2) is 0 Å². The molecule has 1 atom stereocenters. The van der Waals surface area contributed by atoms with Crippen molar-refractivity contribution in [2.45, 2.75) is 58.9 Å². The zero-order valence-electron chi connectivity index (χ0n) is 12.7. The van der Waals surface area contributed by atoms with E-state index in [2.05, 4.69) is 58.0 Å². The molecule has 0 amide bonds. The minimum Gasteiger partial charge on any atom is -0.0988 e. The summed E-state index contributed by atoms with van der Waals surface area (Å²) < 4.78 is 0.956. The van der Waals surface area contributed by atoms with Crippen LogP contribution in [0.3, 0.4) is 0 Å². The molecular weight excluding hydrogens is 246 g/mol. The Morgan fingerprint density at radius 2 is 1.39 bits per heavy atom. The van der Waals surface area contributed by atoms with E-state index in [-0.39, 0.29) is 0 Å². The Bertz CT molecular complexity index is 302. The first-order chi connectivity index (χ1) is 8.76. The van der Waals surface area contributed by atoms with Crippen LogP contribution in [0.15, 0.2) is 30.3 Å². The van der Waals surface area contributed by atoms with Gasteiger partial charge < -0.3 is 0 Å². The first-order valence-corrected chi connectivity index (χ1v) is 12.6. The lowest BCUT2D eigenvalue weighted by molar-refractivity contribution is 0.976. The van der Waals surface area contributed by atoms with Crippen molar-refractivity contribution in [1.82, 2.24) is 0 Å². The van der Waals surface area contributed by atoms with E-state index in [4.69, 9.17) is 0 Å². The summed E-state index contributed by atoms with van der Waals surface area (Å²) in [5, 5.41) is 7.45. The van der Waals surface area contributed by atoms with Crippen molar-refractivity contribution >= 4 is 28.3 Å². The SMILES string of the molecule is C[CH2][Al]([CH2]C)[CH2][CH](c1ccccc1)[Al]([CH2]C)[CH2]C. The lowest BCUT2D eigenvalue weighted by atomic mass is 10.2. The summed E-state index contributed by atoms with van der Waals surface area (Å²) in [4.78, 5) is 0. The third kappa shape index (κ3) is 4.76. The molecule has 98 valence electrons. The molecule has 1 rings (SSSR count). The summed E-state index contributed by atoms with van der Waals surface area (Å²) in [7, 11) is 0. The summed E-state index contributed by atoms with van der Waals surface area (Å²) in [6.07, 6.45) is 0. The molecule has 0 nitrogen and oxygen atoms in total. The molecule has 0 heterocycles. The van der Waals surface area contributed by atoms with Crippen molar-refractivity contribution in [1.29, 1.82) is 0 Å². The van der Waals surface area contributed by atoms with E-state index >= 15 is 0 Å². The van der Waals surface area contributed by atoms with Crippen LogP contribution in [0.5, 0.6) is 0 Å². The molecule has 0 saturated carbocycles. The highest BCUT2D eigenvalue weighted by Crippen LogP contribution is 2.30. The second-order valence-corrected chi connectivity index (χ2v) is 13.3. The minimum atomic E-state index is -0.583. The quantitative estimate of drug-likeness (QED) is 0.558. The molecule has 0 aliphatic heterocycles. The molecule has 2 heteroatoms. The standard InChI is InChI=1S/C8H8.4C2H5.2Al/c1-2-8-6-4-3-5-7-8;4*1-2;;/h2-7H,1H2;4*1H2,2H3;;. The predicted octanol–water partition coefficient (Wildman–Crippen LogP) is 5.38. The minimum absolute atomic E-state index is 0.469. The van der Waals surface area contributed by atoms with Crippen LogP contribution < -0.4 is 0 Å². The van der Waals surface area contributed by atoms with Crippen LogP contribution in [0.25, 0.3) is 0 Å². The second-order valence-electron chi connectivity index (χ2n) is 5.51. The Hall–Kier alpha value is 0.285. The smallest absolute Gasteiger partial charge is 0.0988 e. The van der Waals surface area contributed by atoms with Crippen LogP contribution >= 0.6 is 0 Å². The molecule has 0 aliphatic carbocycles. The van der Waals surface area contributed by atoms with Gasteiger partial charge in [-0.3, -0.25) is 0 Å². The average molecular weight is 274 g/mol. The Morgan fingerprint density at radius 3 is 1.83 bits per heavy atom. The van der Waals surface area contributed by atoms with E-state index in [1.165, 1.54) is 21.1 Å². The molecule has 0 aliphatic rings. The number of rotatable bonds is 8. The van der Waals surface area contributed by atoms with Crippen LogP contribution in [-0.2, 0) is 0 Å². The van der Waals surface area contributed by atoms with Crippen LogP contribution in [0, 0.1) is 0 Å². The van der Waals surface area contributed by atoms with Crippen LogP contribution in [0.4, 0.5) is 0 Å². The van der Waals surface area contributed by atoms with Gasteiger partial charge in [0.1, 0.15) is 0 Å². The highest BCUT2D eigenvalue weighted by molar-refractivity contribution is 6.65. The largest absolute Gasteiger partial charge is 0.269 e. The normalized spacial score (nSPS) is 12.2. The zero-order valence-corrected chi connectivity index (χ0v) is 15.0. The summed E-state index contributed by atoms with van der Waals surface area (Å²) >= 11 is -1.05. The Balaban J connectivity index is 2.88. The summed E-state index contributed by atoms with van der Waals surface area (Å²) in [5.41, 5.74) is 1.65. The van der Waals surface area contributed by atoms with Gasteiger partial charge in [-0.05, 0) is 0 Å². The van der Waals surface area contributed by atoms with E-state index < -0.39 is 28.3 Å². The van der Waals surface area contributed by atoms with Gasteiger partial charge in [0.15, 0.2) is 0 Å². The van der Waals surface area contributed by atoms with E-state index in [1.54, 1.807) is 10.8 Å². The molecule has 0 fully saturated rings. The van der Waals surface area contributed by atoms with Crippen LogP contribution in [0.2, 0.25) is 26.4 Å². The van der Waals surface area contributed by atoms with Crippen molar-refractivity contribution in [3.8, 4) is 0 Å². The maximum Gasteiger partial charge on any atom is 0.269 e.